The molecule has 1 atom stereocenters. The van der Waals surface area contributed by atoms with Gasteiger partial charge in [-0.05, 0) is 81.3 Å². The highest BCUT2D eigenvalue weighted by atomic mass is 19.4. The topological polar surface area (TPSA) is 59.5 Å². The molecule has 0 aromatic carbocycles. The summed E-state index contributed by atoms with van der Waals surface area (Å²) in [4.78, 5) is 31.3. The van der Waals surface area contributed by atoms with E-state index in [-0.39, 0.29) is 30.2 Å². The van der Waals surface area contributed by atoms with E-state index in [0.29, 0.717) is 37.1 Å². The maximum atomic E-state index is 13.4. The van der Waals surface area contributed by atoms with Crippen LogP contribution >= 0.6 is 0 Å². The molecule has 0 radical (unpaired) electrons. The molecule has 1 saturated heterocycles. The fourth-order valence-electron chi connectivity index (χ4n) is 7.09. The molecule has 32 heavy (non-hydrogen) atoms. The molecule has 4 aliphatic carbocycles. The van der Waals surface area contributed by atoms with Gasteiger partial charge in [-0.3, -0.25) is 9.59 Å². The first kappa shape index (κ1) is 21.7. The largest absolute Gasteiger partial charge is 0.457 e. The molecule has 1 aliphatic heterocycles. The fourth-order valence-corrected chi connectivity index (χ4v) is 7.09. The van der Waals surface area contributed by atoms with Gasteiger partial charge in [0.15, 0.2) is 12.4 Å². The van der Waals surface area contributed by atoms with Gasteiger partial charge in [0.2, 0.25) is 0 Å². The van der Waals surface area contributed by atoms with Gasteiger partial charge in [0.25, 0.3) is 0 Å². The summed E-state index contributed by atoms with van der Waals surface area (Å²) in [6.07, 6.45) is 4.39. The Morgan fingerprint density at radius 3 is 2.41 bits per heavy atom. The van der Waals surface area contributed by atoms with Crippen molar-refractivity contribution in [2.24, 2.45) is 29.1 Å². The minimum absolute atomic E-state index is 0.0432. The molecule has 5 aliphatic rings. The summed E-state index contributed by atoms with van der Waals surface area (Å²) >= 11 is 0. The van der Waals surface area contributed by atoms with E-state index in [4.69, 9.17) is 4.74 Å². The highest BCUT2D eigenvalue weighted by Gasteiger charge is 2.54. The highest BCUT2D eigenvalue weighted by molar-refractivity contribution is 5.88. The molecule has 1 aromatic heterocycles. The summed E-state index contributed by atoms with van der Waals surface area (Å²) in [6.45, 7) is 0.305. The lowest BCUT2D eigenvalue weighted by molar-refractivity contribution is -0.160. The number of aromatic nitrogens is 1. The number of carbonyl (C=O) groups is 2. The Hall–Kier alpha value is -2.12. The van der Waals surface area contributed by atoms with Gasteiger partial charge in [-0.1, -0.05) is 0 Å². The second kappa shape index (κ2) is 8.03. The Labute approximate surface area is 185 Å². The van der Waals surface area contributed by atoms with Crippen LogP contribution in [0.25, 0.3) is 0 Å². The van der Waals surface area contributed by atoms with Crippen molar-refractivity contribution < 1.29 is 27.5 Å². The zero-order valence-electron chi connectivity index (χ0n) is 18.1. The molecule has 4 saturated carbocycles. The van der Waals surface area contributed by atoms with Crippen LogP contribution in [-0.4, -0.2) is 36.4 Å². The standard InChI is InChI=1S/C24H29F3N2O3/c25-24(26,27)19-4-1-5-28-21(19)29-6-2-3-18(13-29)22(31)32-14-20(30)23-10-15-7-16(11-23)9-17(8-15)12-23/h1,4-5,15-18H,2-3,6-14H2. The fraction of sp³-hybridized carbons (Fsp3) is 0.708. The van der Waals surface area contributed by atoms with Gasteiger partial charge in [0.05, 0.1) is 11.5 Å². The van der Waals surface area contributed by atoms with Crippen molar-refractivity contribution in [2.75, 3.05) is 24.6 Å². The monoisotopic (exact) mass is 450 g/mol. The lowest BCUT2D eigenvalue weighted by atomic mass is 9.48. The van der Waals surface area contributed by atoms with Crippen LogP contribution in [-0.2, 0) is 20.5 Å². The minimum Gasteiger partial charge on any atom is -0.457 e. The van der Waals surface area contributed by atoms with Crippen LogP contribution in [0, 0.1) is 29.1 Å². The SMILES string of the molecule is O=C(OCC(=O)C12CC3CC(CC(C3)C1)C2)C1CCCN(c2ncccc2C(F)(F)F)C1. The third-order valence-corrected chi connectivity index (χ3v) is 8.12. The molecule has 6 rings (SSSR count). The predicted molar refractivity (Wildman–Crippen MR) is 111 cm³/mol. The number of rotatable bonds is 5. The predicted octanol–water partition coefficient (Wildman–Crippen LogP) is 4.65. The quantitative estimate of drug-likeness (QED) is 0.612. The van der Waals surface area contributed by atoms with E-state index < -0.39 is 23.6 Å². The lowest BCUT2D eigenvalue weighted by Gasteiger charge is -2.55. The van der Waals surface area contributed by atoms with E-state index in [0.717, 1.165) is 25.3 Å². The minimum atomic E-state index is -4.51. The molecule has 2 heterocycles. The second-order valence-corrected chi connectivity index (χ2v) is 10.4. The summed E-state index contributed by atoms with van der Waals surface area (Å²) in [5.41, 5.74) is -1.12. The number of hydrogen-bond acceptors (Lipinski definition) is 5. The Morgan fingerprint density at radius 2 is 1.78 bits per heavy atom. The van der Waals surface area contributed by atoms with E-state index in [1.165, 1.54) is 36.4 Å². The maximum absolute atomic E-state index is 13.4. The van der Waals surface area contributed by atoms with Crippen molar-refractivity contribution >= 4 is 17.6 Å². The van der Waals surface area contributed by atoms with Gasteiger partial charge >= 0.3 is 12.1 Å². The Morgan fingerprint density at radius 1 is 1.12 bits per heavy atom. The molecule has 1 aromatic rings. The number of pyridine rings is 1. The van der Waals surface area contributed by atoms with Crippen molar-refractivity contribution in [3.8, 4) is 0 Å². The summed E-state index contributed by atoms with van der Waals surface area (Å²) < 4.78 is 45.6. The number of nitrogens with zero attached hydrogens (tertiary/aromatic N) is 2. The normalized spacial score (nSPS) is 33.9. The number of halogens is 3. The van der Waals surface area contributed by atoms with Crippen molar-refractivity contribution in [1.82, 2.24) is 4.98 Å². The lowest BCUT2D eigenvalue weighted by Crippen LogP contribution is -2.51. The first-order valence-electron chi connectivity index (χ1n) is 11.7. The van der Waals surface area contributed by atoms with Crippen molar-refractivity contribution in [3.63, 3.8) is 0 Å². The van der Waals surface area contributed by atoms with Crippen molar-refractivity contribution in [1.29, 1.82) is 0 Å². The summed E-state index contributed by atoms with van der Waals surface area (Å²) in [7, 11) is 0. The number of ketones is 1. The van der Waals surface area contributed by atoms with Gasteiger partial charge in [-0.25, -0.2) is 4.98 Å². The molecule has 4 bridgehead atoms. The number of carbonyl (C=O) groups excluding carboxylic acids is 2. The van der Waals surface area contributed by atoms with Crippen LogP contribution in [0.2, 0.25) is 0 Å². The van der Waals surface area contributed by atoms with Crippen molar-refractivity contribution in [3.05, 3.63) is 23.9 Å². The number of Topliss-reactive ketones (excluding diaryl/α,β-unsaturated/α-hetero) is 1. The zero-order chi connectivity index (χ0) is 22.5. The maximum Gasteiger partial charge on any atom is 0.419 e. The average Bonchev–Trinajstić information content (AvgIpc) is 2.76. The molecule has 5 fully saturated rings. The molecule has 0 spiro atoms. The number of esters is 1. The second-order valence-electron chi connectivity index (χ2n) is 10.4. The van der Waals surface area contributed by atoms with Crippen LogP contribution in [0.15, 0.2) is 18.3 Å². The number of piperidine rings is 1. The molecular weight excluding hydrogens is 421 g/mol. The van der Waals surface area contributed by atoms with Gasteiger partial charge in [0.1, 0.15) is 5.82 Å². The summed E-state index contributed by atoms with van der Waals surface area (Å²) in [5.74, 6) is 0.745. The average molecular weight is 451 g/mol. The molecule has 1 unspecified atom stereocenters. The number of alkyl halides is 3. The number of hydrogen-bond donors (Lipinski definition) is 0. The first-order chi connectivity index (χ1) is 15.2. The Kier molecular flexibility index (Phi) is 5.45. The molecule has 5 nitrogen and oxygen atoms in total. The molecule has 0 N–H and O–H groups in total. The molecule has 0 amide bonds. The van der Waals surface area contributed by atoms with E-state index in [9.17, 15) is 22.8 Å². The third kappa shape index (κ3) is 4.01. The Bertz CT molecular complexity index is 865. The summed E-state index contributed by atoms with van der Waals surface area (Å²) in [6, 6.07) is 2.27. The van der Waals surface area contributed by atoms with Crippen molar-refractivity contribution in [2.45, 2.75) is 57.5 Å². The number of ether oxygens (including phenoxy) is 1. The molecule has 174 valence electrons. The molecule has 8 heteroatoms. The van der Waals surface area contributed by atoms with E-state index in [1.807, 2.05) is 0 Å². The highest BCUT2D eigenvalue weighted by Crippen LogP contribution is 2.60. The van der Waals surface area contributed by atoms with Crippen LogP contribution in [0.5, 0.6) is 0 Å². The van der Waals surface area contributed by atoms with Crippen LogP contribution < -0.4 is 4.90 Å². The molecular formula is C24H29F3N2O3. The van der Waals surface area contributed by atoms with E-state index in [2.05, 4.69) is 4.98 Å². The number of anilines is 1. The van der Waals surface area contributed by atoms with Gasteiger partial charge in [0, 0.05) is 24.7 Å². The zero-order valence-corrected chi connectivity index (χ0v) is 18.1. The van der Waals surface area contributed by atoms with Gasteiger partial charge < -0.3 is 9.64 Å². The van der Waals surface area contributed by atoms with Crippen LogP contribution in [0.4, 0.5) is 19.0 Å². The third-order valence-electron chi connectivity index (χ3n) is 8.12. The van der Waals surface area contributed by atoms with Crippen LogP contribution in [0.1, 0.15) is 56.9 Å². The van der Waals surface area contributed by atoms with Gasteiger partial charge in [-0.15, -0.1) is 0 Å². The van der Waals surface area contributed by atoms with Gasteiger partial charge in [-0.2, -0.15) is 13.2 Å². The van der Waals surface area contributed by atoms with E-state index >= 15 is 0 Å². The summed E-state index contributed by atoms with van der Waals surface area (Å²) in [5, 5.41) is 0. The first-order valence-corrected chi connectivity index (χ1v) is 11.7. The van der Waals surface area contributed by atoms with Crippen LogP contribution in [0.3, 0.4) is 0 Å². The van der Waals surface area contributed by atoms with E-state index in [1.54, 1.807) is 0 Å². The smallest absolute Gasteiger partial charge is 0.419 e. The Balaban J connectivity index is 1.21.